The molecule has 7 heteroatoms. The highest BCUT2D eigenvalue weighted by Crippen LogP contribution is 2.32. The third-order valence-corrected chi connectivity index (χ3v) is 5.39. The molecule has 0 spiro atoms. The average Bonchev–Trinajstić information content (AvgIpc) is 3.39. The van der Waals surface area contributed by atoms with Crippen LogP contribution in [-0.2, 0) is 10.4 Å². The fourth-order valence-corrected chi connectivity index (χ4v) is 3.44. The molecule has 6 nitrogen and oxygen atoms in total. The monoisotopic (exact) mass is 392 g/mol. The summed E-state index contributed by atoms with van der Waals surface area (Å²) in [5.74, 6) is 0.674. The van der Waals surface area contributed by atoms with Gasteiger partial charge < -0.3 is 14.7 Å². The number of H-pyrrole nitrogens is 2. The molecule has 2 heterocycles. The topological polar surface area (TPSA) is 82.8 Å². The van der Waals surface area contributed by atoms with Crippen molar-refractivity contribution in [3.8, 4) is 5.75 Å². The van der Waals surface area contributed by atoms with Crippen LogP contribution in [0.25, 0.3) is 10.9 Å². The highest BCUT2D eigenvalue weighted by atomic mass is 32.2. The number of nitrogens with one attached hydrogen (secondary N) is 3. The van der Waals surface area contributed by atoms with Crippen LogP contribution in [0.4, 0.5) is 5.95 Å². The number of nitrogens with zero attached hydrogens (tertiary/aromatic N) is 1. The second kappa shape index (κ2) is 7.44. The number of aromatic amines is 2. The van der Waals surface area contributed by atoms with Crippen LogP contribution < -0.4 is 10.1 Å². The van der Waals surface area contributed by atoms with Crippen molar-refractivity contribution >= 4 is 34.5 Å². The number of imidazole rings is 1. The molecule has 2 aromatic heterocycles. The Morgan fingerprint density at radius 2 is 1.93 bits per heavy atom. The highest BCUT2D eigenvalue weighted by Gasteiger charge is 2.38. The van der Waals surface area contributed by atoms with Crippen LogP contribution in [0.15, 0.2) is 72.0 Å². The van der Waals surface area contributed by atoms with Gasteiger partial charge >= 0.3 is 0 Å². The first kappa shape index (κ1) is 18.2. The van der Waals surface area contributed by atoms with Gasteiger partial charge in [-0.15, -0.1) is 11.8 Å². The molecular formula is C21H20N4O2S. The van der Waals surface area contributed by atoms with Crippen molar-refractivity contribution in [1.82, 2.24) is 15.0 Å². The van der Waals surface area contributed by atoms with E-state index in [9.17, 15) is 4.79 Å². The van der Waals surface area contributed by atoms with Gasteiger partial charge in [0.15, 0.2) is 0 Å². The van der Waals surface area contributed by atoms with Crippen LogP contribution in [0.5, 0.6) is 5.75 Å². The first-order chi connectivity index (χ1) is 13.6. The molecule has 142 valence electrons. The van der Waals surface area contributed by atoms with Gasteiger partial charge in [-0.3, -0.25) is 10.1 Å². The van der Waals surface area contributed by atoms with Gasteiger partial charge in [-0.25, -0.2) is 4.98 Å². The number of amides is 1. The van der Waals surface area contributed by atoms with E-state index < -0.39 is 5.60 Å². The third-order valence-electron chi connectivity index (χ3n) is 4.65. The maximum Gasteiger partial charge on any atom is 0.275 e. The number of fused-ring (bicyclic) bond motifs is 1. The van der Waals surface area contributed by atoms with E-state index in [0.717, 1.165) is 21.4 Å². The summed E-state index contributed by atoms with van der Waals surface area (Å²) in [6.07, 6.45) is 7.13. The summed E-state index contributed by atoms with van der Waals surface area (Å²) in [6.45, 7) is 1.76. The van der Waals surface area contributed by atoms with Crippen LogP contribution in [0.2, 0.25) is 0 Å². The Labute approximate surface area is 166 Å². The fourth-order valence-electron chi connectivity index (χ4n) is 3.04. The van der Waals surface area contributed by atoms with E-state index in [-0.39, 0.29) is 5.91 Å². The van der Waals surface area contributed by atoms with Gasteiger partial charge in [0.1, 0.15) is 5.75 Å². The number of benzene rings is 2. The molecule has 0 saturated heterocycles. The highest BCUT2D eigenvalue weighted by molar-refractivity contribution is 7.98. The summed E-state index contributed by atoms with van der Waals surface area (Å²) in [7, 11) is 0. The maximum atomic E-state index is 13.2. The first-order valence-electron chi connectivity index (χ1n) is 8.80. The van der Waals surface area contributed by atoms with E-state index in [1.807, 2.05) is 61.0 Å². The SMILES string of the molecule is CSc1ccc(C(C)(Oc2ccc3[nH]ccc3c2)C(=O)Nc2ncc[nH]2)cc1. The number of carbonyl (C=O) groups excluding carboxylic acids is 1. The van der Waals surface area contributed by atoms with Crippen molar-refractivity contribution < 1.29 is 9.53 Å². The van der Waals surface area contributed by atoms with Gasteiger partial charge in [0.25, 0.3) is 5.91 Å². The zero-order valence-corrected chi connectivity index (χ0v) is 16.3. The molecule has 28 heavy (non-hydrogen) atoms. The minimum atomic E-state index is -1.24. The Morgan fingerprint density at radius 3 is 2.64 bits per heavy atom. The summed E-state index contributed by atoms with van der Waals surface area (Å²) in [5.41, 5.74) is 0.523. The standard InChI is InChI=1S/C21H20N4O2S/c1-21(15-3-6-17(28-2)7-4-15,19(26)25-20-23-11-12-24-20)27-16-5-8-18-14(13-16)9-10-22-18/h3-13,22H,1-2H3,(H2,23,24,25,26). The molecule has 0 fully saturated rings. The Hall–Kier alpha value is -3.19. The van der Waals surface area contributed by atoms with Crippen molar-refractivity contribution in [1.29, 1.82) is 0 Å². The maximum absolute atomic E-state index is 13.2. The third kappa shape index (κ3) is 3.48. The largest absolute Gasteiger partial charge is 0.473 e. The summed E-state index contributed by atoms with van der Waals surface area (Å²) < 4.78 is 6.28. The molecule has 1 atom stereocenters. The molecule has 4 aromatic rings. The summed E-state index contributed by atoms with van der Waals surface area (Å²) in [5, 5.41) is 3.82. The lowest BCUT2D eigenvalue weighted by molar-refractivity contribution is -0.130. The van der Waals surface area contributed by atoms with Crippen molar-refractivity contribution in [2.24, 2.45) is 0 Å². The number of aromatic nitrogens is 3. The Kier molecular flexibility index (Phi) is 4.83. The molecule has 0 bridgehead atoms. The molecule has 0 aliphatic rings. The number of hydrogen-bond acceptors (Lipinski definition) is 4. The lowest BCUT2D eigenvalue weighted by Crippen LogP contribution is -2.43. The zero-order chi connectivity index (χ0) is 19.6. The quantitative estimate of drug-likeness (QED) is 0.421. The summed E-state index contributed by atoms with van der Waals surface area (Å²) in [4.78, 5) is 24.4. The second-order valence-electron chi connectivity index (χ2n) is 6.48. The predicted molar refractivity (Wildman–Crippen MR) is 112 cm³/mol. The summed E-state index contributed by atoms with van der Waals surface area (Å²) >= 11 is 1.65. The Morgan fingerprint density at radius 1 is 1.11 bits per heavy atom. The van der Waals surface area contributed by atoms with Crippen molar-refractivity contribution in [2.45, 2.75) is 17.4 Å². The molecule has 0 radical (unpaired) electrons. The van der Waals surface area contributed by atoms with Crippen molar-refractivity contribution in [3.63, 3.8) is 0 Å². The molecular weight excluding hydrogens is 372 g/mol. The van der Waals surface area contributed by atoms with Crippen LogP contribution in [0, 0.1) is 0 Å². The van der Waals surface area contributed by atoms with Gasteiger partial charge in [0.2, 0.25) is 11.5 Å². The average molecular weight is 392 g/mol. The minimum Gasteiger partial charge on any atom is -0.473 e. The molecule has 1 amide bonds. The van der Waals surface area contributed by atoms with E-state index in [4.69, 9.17) is 4.74 Å². The van der Waals surface area contributed by atoms with Crippen LogP contribution in [-0.4, -0.2) is 27.1 Å². The van der Waals surface area contributed by atoms with Crippen molar-refractivity contribution in [3.05, 3.63) is 72.7 Å². The molecule has 1 unspecified atom stereocenters. The Balaban J connectivity index is 1.71. The normalized spacial score (nSPS) is 13.2. The van der Waals surface area contributed by atoms with Crippen molar-refractivity contribution in [2.75, 3.05) is 11.6 Å². The molecule has 0 saturated carbocycles. The molecule has 0 aliphatic carbocycles. The van der Waals surface area contributed by atoms with E-state index >= 15 is 0 Å². The fraction of sp³-hybridized carbons (Fsp3) is 0.143. The van der Waals surface area contributed by atoms with Crippen LogP contribution in [0.3, 0.4) is 0 Å². The summed E-state index contributed by atoms with van der Waals surface area (Å²) in [6, 6.07) is 15.5. The molecule has 2 aromatic carbocycles. The van der Waals surface area contributed by atoms with Gasteiger partial charge in [-0.2, -0.15) is 0 Å². The number of carbonyl (C=O) groups is 1. The van der Waals surface area contributed by atoms with Crippen LogP contribution in [0.1, 0.15) is 12.5 Å². The molecule has 0 aliphatic heterocycles. The number of thioether (sulfide) groups is 1. The van der Waals surface area contributed by atoms with Gasteiger partial charge in [-0.1, -0.05) is 12.1 Å². The van der Waals surface area contributed by atoms with E-state index in [0.29, 0.717) is 11.7 Å². The van der Waals surface area contributed by atoms with Crippen LogP contribution >= 0.6 is 11.8 Å². The molecule has 4 rings (SSSR count). The number of rotatable bonds is 6. The van der Waals surface area contributed by atoms with E-state index in [1.165, 1.54) is 0 Å². The second-order valence-corrected chi connectivity index (χ2v) is 7.36. The van der Waals surface area contributed by atoms with E-state index in [2.05, 4.69) is 20.3 Å². The number of hydrogen-bond donors (Lipinski definition) is 3. The lowest BCUT2D eigenvalue weighted by atomic mass is 9.94. The van der Waals surface area contributed by atoms with Gasteiger partial charge in [-0.05, 0) is 49.6 Å². The zero-order valence-electron chi connectivity index (χ0n) is 15.5. The molecule has 3 N–H and O–H groups in total. The lowest BCUT2D eigenvalue weighted by Gasteiger charge is -2.30. The smallest absolute Gasteiger partial charge is 0.275 e. The van der Waals surface area contributed by atoms with E-state index in [1.54, 1.807) is 31.1 Å². The number of anilines is 1. The first-order valence-corrected chi connectivity index (χ1v) is 10.0. The number of ether oxygens (including phenoxy) is 1. The van der Waals surface area contributed by atoms with Gasteiger partial charge in [0, 0.05) is 40.0 Å². The Bertz CT molecular complexity index is 1090. The predicted octanol–water partition coefficient (Wildman–Crippen LogP) is 4.55. The van der Waals surface area contributed by atoms with Gasteiger partial charge in [0.05, 0.1) is 0 Å². The minimum absolute atomic E-state index is 0.312.